The van der Waals surface area contributed by atoms with Crippen molar-refractivity contribution in [3.05, 3.63) is 54.1 Å². The van der Waals surface area contributed by atoms with Crippen LogP contribution in [0, 0.1) is 6.92 Å². The Bertz CT molecular complexity index is 515. The molecule has 0 bridgehead atoms. The van der Waals surface area contributed by atoms with Gasteiger partial charge in [0, 0.05) is 0 Å². The average Bonchev–Trinajstić information content (AvgIpc) is 2.70. The highest BCUT2D eigenvalue weighted by atomic mass is 32.2. The fraction of sp³-hybridized carbons (Fsp3) is 0.167. The van der Waals surface area contributed by atoms with Crippen molar-refractivity contribution in [3.8, 4) is 0 Å². The first-order valence-corrected chi connectivity index (χ1v) is 6.50. The van der Waals surface area contributed by atoms with Crippen LogP contribution in [0.3, 0.4) is 0 Å². The summed E-state index contributed by atoms with van der Waals surface area (Å²) >= 11 is 0. The lowest BCUT2D eigenvalue weighted by Crippen LogP contribution is -2.31. The van der Waals surface area contributed by atoms with E-state index >= 15 is 0 Å². The smallest absolute Gasteiger partial charge is 0.207 e. The standard InChI is InChI=1S/C12H13NO2S/c1-10-6-8-12(9-7-10)16(14,15)13-11-4-2-3-5-11/h2-9,11,13H,1H3. The number of hydrogen-bond donors (Lipinski definition) is 1. The number of allylic oxidation sites excluding steroid dienone is 2. The minimum Gasteiger partial charge on any atom is -0.207 e. The highest BCUT2D eigenvalue weighted by molar-refractivity contribution is 7.89. The molecule has 0 spiro atoms. The molecule has 16 heavy (non-hydrogen) atoms. The van der Waals surface area contributed by atoms with Crippen molar-refractivity contribution in [3.63, 3.8) is 0 Å². The van der Waals surface area contributed by atoms with Gasteiger partial charge in [-0.3, -0.25) is 0 Å². The Morgan fingerprint density at radius 3 is 2.19 bits per heavy atom. The average molecular weight is 235 g/mol. The van der Waals surface area contributed by atoms with E-state index < -0.39 is 10.0 Å². The second-order valence-corrected chi connectivity index (χ2v) is 5.44. The molecule has 84 valence electrons. The van der Waals surface area contributed by atoms with Crippen LogP contribution in [0.5, 0.6) is 0 Å². The third-order valence-corrected chi connectivity index (χ3v) is 3.85. The van der Waals surface area contributed by atoms with Crippen LogP contribution in [0.15, 0.2) is 53.5 Å². The Labute approximate surface area is 95.5 Å². The molecule has 0 fully saturated rings. The predicted octanol–water partition coefficient (Wildman–Crippen LogP) is 1.77. The van der Waals surface area contributed by atoms with E-state index in [0.29, 0.717) is 4.90 Å². The van der Waals surface area contributed by atoms with Gasteiger partial charge in [-0.15, -0.1) is 0 Å². The molecule has 1 aliphatic carbocycles. The molecule has 1 aromatic rings. The van der Waals surface area contributed by atoms with Gasteiger partial charge >= 0.3 is 0 Å². The fourth-order valence-corrected chi connectivity index (χ4v) is 2.62. The molecule has 1 aliphatic rings. The first-order valence-electron chi connectivity index (χ1n) is 5.02. The van der Waals surface area contributed by atoms with Crippen molar-refractivity contribution in [1.82, 2.24) is 4.72 Å². The zero-order valence-electron chi connectivity index (χ0n) is 8.92. The van der Waals surface area contributed by atoms with Crippen LogP contribution >= 0.6 is 0 Å². The van der Waals surface area contributed by atoms with Crippen molar-refractivity contribution in [2.45, 2.75) is 17.9 Å². The molecule has 4 heteroatoms. The quantitative estimate of drug-likeness (QED) is 0.867. The molecule has 0 amide bonds. The van der Waals surface area contributed by atoms with Crippen molar-refractivity contribution in [1.29, 1.82) is 0 Å². The molecule has 0 saturated carbocycles. The molecule has 0 radical (unpaired) electrons. The Morgan fingerprint density at radius 1 is 1.06 bits per heavy atom. The Hall–Kier alpha value is -1.39. The van der Waals surface area contributed by atoms with E-state index in [1.807, 2.05) is 19.1 Å². The van der Waals surface area contributed by atoms with Gasteiger partial charge in [0.05, 0.1) is 10.9 Å². The molecule has 0 unspecified atom stereocenters. The number of sulfonamides is 1. The number of rotatable bonds is 3. The minimum atomic E-state index is -3.41. The largest absolute Gasteiger partial charge is 0.241 e. The molecule has 0 saturated heterocycles. The maximum atomic E-state index is 11.9. The molecule has 1 N–H and O–H groups in total. The van der Waals surface area contributed by atoms with Crippen LogP contribution in [-0.4, -0.2) is 14.5 Å². The second-order valence-electron chi connectivity index (χ2n) is 3.73. The maximum Gasteiger partial charge on any atom is 0.241 e. The SMILES string of the molecule is Cc1ccc(S(=O)(=O)NC2C=CC=C2)cc1. The van der Waals surface area contributed by atoms with Crippen LogP contribution in [-0.2, 0) is 10.0 Å². The van der Waals surface area contributed by atoms with Gasteiger partial charge in [0.2, 0.25) is 10.0 Å². The van der Waals surface area contributed by atoms with Crippen molar-refractivity contribution < 1.29 is 8.42 Å². The highest BCUT2D eigenvalue weighted by Crippen LogP contribution is 2.12. The molecule has 0 aliphatic heterocycles. The lowest BCUT2D eigenvalue weighted by Gasteiger charge is -2.09. The van der Waals surface area contributed by atoms with Gasteiger partial charge in [-0.2, -0.15) is 0 Å². The topological polar surface area (TPSA) is 46.2 Å². The summed E-state index contributed by atoms with van der Waals surface area (Å²) in [5.41, 5.74) is 1.04. The summed E-state index contributed by atoms with van der Waals surface area (Å²) in [6, 6.07) is 6.57. The number of benzene rings is 1. The first kappa shape index (κ1) is 11.1. The number of nitrogens with one attached hydrogen (secondary N) is 1. The zero-order valence-corrected chi connectivity index (χ0v) is 9.74. The first-order chi connectivity index (χ1) is 7.58. The summed E-state index contributed by atoms with van der Waals surface area (Å²) in [6.45, 7) is 1.92. The van der Waals surface area contributed by atoms with Crippen LogP contribution < -0.4 is 4.72 Å². The minimum absolute atomic E-state index is 0.230. The van der Waals surface area contributed by atoms with Crippen molar-refractivity contribution >= 4 is 10.0 Å². The molecule has 0 heterocycles. The normalized spacial score (nSPS) is 15.8. The molecule has 1 aromatic carbocycles. The highest BCUT2D eigenvalue weighted by Gasteiger charge is 2.17. The summed E-state index contributed by atoms with van der Waals surface area (Å²) in [4.78, 5) is 0.298. The Morgan fingerprint density at radius 2 is 1.62 bits per heavy atom. The van der Waals surface area contributed by atoms with Gasteiger partial charge in [-0.1, -0.05) is 42.0 Å². The third kappa shape index (κ3) is 2.40. The monoisotopic (exact) mass is 235 g/mol. The summed E-state index contributed by atoms with van der Waals surface area (Å²) in [5, 5.41) is 0. The molecule has 3 nitrogen and oxygen atoms in total. The van der Waals surface area contributed by atoms with Crippen molar-refractivity contribution in [2.24, 2.45) is 0 Å². The van der Waals surface area contributed by atoms with Gasteiger partial charge in [-0.05, 0) is 19.1 Å². The Balaban J connectivity index is 2.21. The van der Waals surface area contributed by atoms with E-state index in [2.05, 4.69) is 4.72 Å². The van der Waals surface area contributed by atoms with Crippen LogP contribution in [0.1, 0.15) is 5.56 Å². The van der Waals surface area contributed by atoms with E-state index in [0.717, 1.165) is 5.56 Å². The van der Waals surface area contributed by atoms with Gasteiger partial charge < -0.3 is 0 Å². The van der Waals surface area contributed by atoms with E-state index in [9.17, 15) is 8.42 Å². The third-order valence-electron chi connectivity index (χ3n) is 2.37. The lowest BCUT2D eigenvalue weighted by molar-refractivity contribution is 0.580. The van der Waals surface area contributed by atoms with E-state index in [-0.39, 0.29) is 6.04 Å². The maximum absolute atomic E-state index is 11.9. The van der Waals surface area contributed by atoms with Crippen LogP contribution in [0.4, 0.5) is 0 Å². The predicted molar refractivity (Wildman–Crippen MR) is 63.6 cm³/mol. The molecular weight excluding hydrogens is 222 g/mol. The fourth-order valence-electron chi connectivity index (χ4n) is 1.48. The van der Waals surface area contributed by atoms with E-state index in [1.165, 1.54) is 0 Å². The van der Waals surface area contributed by atoms with Crippen LogP contribution in [0.25, 0.3) is 0 Å². The molecule has 0 atom stereocenters. The molecule has 0 aromatic heterocycles. The molecular formula is C12H13NO2S. The summed E-state index contributed by atoms with van der Waals surface area (Å²) in [5.74, 6) is 0. The summed E-state index contributed by atoms with van der Waals surface area (Å²) in [7, 11) is -3.41. The van der Waals surface area contributed by atoms with E-state index in [1.54, 1.807) is 36.4 Å². The number of hydrogen-bond acceptors (Lipinski definition) is 2. The van der Waals surface area contributed by atoms with Gasteiger partial charge in [0.1, 0.15) is 0 Å². The van der Waals surface area contributed by atoms with Crippen molar-refractivity contribution in [2.75, 3.05) is 0 Å². The Kier molecular flexibility index (Phi) is 2.94. The van der Waals surface area contributed by atoms with Gasteiger partial charge in [0.15, 0.2) is 0 Å². The van der Waals surface area contributed by atoms with Gasteiger partial charge in [0.25, 0.3) is 0 Å². The van der Waals surface area contributed by atoms with Gasteiger partial charge in [-0.25, -0.2) is 13.1 Å². The lowest BCUT2D eigenvalue weighted by atomic mass is 10.2. The summed E-state index contributed by atoms with van der Waals surface area (Å²) in [6.07, 6.45) is 7.24. The van der Waals surface area contributed by atoms with Crippen LogP contribution in [0.2, 0.25) is 0 Å². The number of aryl methyl sites for hydroxylation is 1. The molecule has 2 rings (SSSR count). The summed E-state index contributed by atoms with van der Waals surface area (Å²) < 4.78 is 26.4. The second kappa shape index (κ2) is 4.23. The van der Waals surface area contributed by atoms with E-state index in [4.69, 9.17) is 0 Å². The zero-order chi connectivity index (χ0) is 11.6.